The summed E-state index contributed by atoms with van der Waals surface area (Å²) in [7, 11) is 0. The Labute approximate surface area is 98.3 Å². The first-order chi connectivity index (χ1) is 8.20. The van der Waals surface area contributed by atoms with E-state index in [-0.39, 0.29) is 5.92 Å². The van der Waals surface area contributed by atoms with Crippen molar-refractivity contribution in [2.45, 2.75) is 65.2 Å². The van der Waals surface area contributed by atoms with Crippen LogP contribution in [0.4, 0.5) is 0 Å². The molecule has 86 valence electrons. The zero-order valence-corrected chi connectivity index (χ0v) is 10.3. The van der Waals surface area contributed by atoms with Crippen LogP contribution in [0.2, 0.25) is 0 Å². The zero-order chi connectivity index (χ0) is 12.7. The average Bonchev–Trinajstić information content (AvgIpc) is 2.44. The molecule has 0 heteroatoms. The Hall–Kier alpha value is -0.520. The first-order valence-corrected chi connectivity index (χ1v) is 6.55. The lowest BCUT2D eigenvalue weighted by molar-refractivity contribution is 0.570. The fourth-order valence-electron chi connectivity index (χ4n) is 2.25. The Morgan fingerprint density at radius 1 is 1.40 bits per heavy atom. The predicted molar refractivity (Wildman–Crippen MR) is 69.0 cm³/mol. The van der Waals surface area contributed by atoms with Crippen molar-refractivity contribution in [1.29, 1.82) is 0 Å². The van der Waals surface area contributed by atoms with Crippen molar-refractivity contribution in [3.63, 3.8) is 0 Å². The Morgan fingerprint density at radius 2 is 2.20 bits per heavy atom. The van der Waals surface area contributed by atoms with Crippen molar-refractivity contribution in [1.82, 2.24) is 0 Å². The van der Waals surface area contributed by atoms with E-state index < -0.39 is 0 Å². The molecule has 0 radical (unpaired) electrons. The van der Waals surface area contributed by atoms with Gasteiger partial charge in [0.05, 0.1) is 2.74 Å². The van der Waals surface area contributed by atoms with Crippen molar-refractivity contribution >= 4 is 0 Å². The maximum atomic E-state index is 8.21. The van der Waals surface area contributed by atoms with Crippen molar-refractivity contribution in [2.75, 3.05) is 0 Å². The van der Waals surface area contributed by atoms with Gasteiger partial charge in [0.1, 0.15) is 0 Å². The van der Waals surface area contributed by atoms with Gasteiger partial charge in [-0.3, -0.25) is 0 Å². The molecule has 0 nitrogen and oxygen atoms in total. The summed E-state index contributed by atoms with van der Waals surface area (Å²) in [5.41, 5.74) is 1.20. The lowest BCUT2D eigenvalue weighted by Gasteiger charge is -2.15. The topological polar surface area (TPSA) is 0 Å². The van der Waals surface area contributed by atoms with Crippen LogP contribution >= 0.6 is 0 Å². The van der Waals surface area contributed by atoms with Gasteiger partial charge in [-0.2, -0.15) is 0 Å². The first kappa shape index (κ1) is 9.69. The van der Waals surface area contributed by atoms with Crippen LogP contribution in [-0.2, 0) is 0 Å². The molecular formula is C15H26. The van der Waals surface area contributed by atoms with E-state index in [1.165, 1.54) is 31.3 Å². The van der Waals surface area contributed by atoms with Crippen LogP contribution in [0.5, 0.6) is 0 Å². The van der Waals surface area contributed by atoms with Gasteiger partial charge in [-0.25, -0.2) is 0 Å². The molecule has 0 saturated carbocycles. The molecule has 1 aliphatic carbocycles. The van der Waals surface area contributed by atoms with Crippen molar-refractivity contribution < 1.29 is 2.74 Å². The van der Waals surface area contributed by atoms with Crippen LogP contribution in [0, 0.1) is 5.92 Å². The van der Waals surface area contributed by atoms with Crippen LogP contribution in [0.15, 0.2) is 23.8 Å². The van der Waals surface area contributed by atoms with E-state index in [2.05, 4.69) is 13.0 Å². The molecule has 15 heavy (non-hydrogen) atoms. The third-order valence-electron chi connectivity index (χ3n) is 3.12. The van der Waals surface area contributed by atoms with Crippen LogP contribution in [0.1, 0.15) is 68.0 Å². The number of hydrogen-bond acceptors (Lipinski definition) is 0. The number of rotatable bonds is 3. The smallest absolute Gasteiger partial charge is 0.0579 e. The van der Waals surface area contributed by atoms with Crippen LogP contribution < -0.4 is 0 Å². The molecule has 1 unspecified atom stereocenters. The minimum Gasteiger partial charge on any atom is -0.0879 e. The number of allylic oxidation sites excluding steroid dienone is 4. The van der Waals surface area contributed by atoms with E-state index >= 15 is 0 Å². The van der Waals surface area contributed by atoms with Gasteiger partial charge in [0.15, 0.2) is 0 Å². The van der Waals surface area contributed by atoms with Gasteiger partial charge >= 0.3 is 0 Å². The zero-order valence-electron chi connectivity index (χ0n) is 12.3. The van der Waals surface area contributed by atoms with Gasteiger partial charge in [0.25, 0.3) is 0 Å². The summed E-state index contributed by atoms with van der Waals surface area (Å²) in [6.45, 7) is 4.17. The molecule has 0 spiro atoms. The summed E-state index contributed by atoms with van der Waals surface area (Å²) in [5, 5.41) is 0. The summed E-state index contributed by atoms with van der Waals surface area (Å²) in [6.07, 6.45) is 10.9. The second-order valence-corrected chi connectivity index (χ2v) is 4.32. The second kappa shape index (κ2) is 7.73. The van der Waals surface area contributed by atoms with Crippen molar-refractivity contribution in [3.8, 4) is 0 Å². The molecular weight excluding hydrogens is 180 g/mol. The minimum absolute atomic E-state index is 0.227. The summed E-state index contributed by atoms with van der Waals surface area (Å²) in [5.74, 6) is 0.227. The summed E-state index contributed by atoms with van der Waals surface area (Å²) in [6, 6.07) is 1.52. The van der Waals surface area contributed by atoms with Crippen molar-refractivity contribution in [2.24, 2.45) is 5.92 Å². The first-order valence-electron chi connectivity index (χ1n) is 7.55. The largest absolute Gasteiger partial charge is 0.0879 e. The summed E-state index contributed by atoms with van der Waals surface area (Å²) in [4.78, 5) is 0. The molecule has 0 aliphatic heterocycles. The molecule has 0 saturated heterocycles. The minimum atomic E-state index is 0.227. The molecule has 0 aromatic rings. The van der Waals surface area contributed by atoms with Crippen LogP contribution in [0.25, 0.3) is 0 Å². The Bertz CT molecular complexity index is 289. The predicted octanol–water partition coefficient (Wildman–Crippen LogP) is 5.26. The van der Waals surface area contributed by atoms with Crippen molar-refractivity contribution in [3.05, 3.63) is 23.8 Å². The van der Waals surface area contributed by atoms with Gasteiger partial charge in [0.2, 0.25) is 0 Å². The monoisotopic (exact) mass is 208 g/mol. The standard InChI is InChI=1S/C15H26/c1-3-11-14(4-2)15-12-9-7-5-6-8-10-13-15/h9,11-12,15H,3-8,10,13H2,1-2H3/b12-9?,14-11-/i11D,12D. The van der Waals surface area contributed by atoms with Gasteiger partial charge in [-0.15, -0.1) is 0 Å². The molecule has 0 N–H and O–H groups in total. The van der Waals surface area contributed by atoms with E-state index in [4.69, 9.17) is 2.74 Å². The molecule has 0 aromatic heterocycles. The molecule has 0 fully saturated rings. The van der Waals surface area contributed by atoms with E-state index in [1.54, 1.807) is 0 Å². The lowest BCUT2D eigenvalue weighted by atomic mass is 9.90. The van der Waals surface area contributed by atoms with Crippen LogP contribution in [0.3, 0.4) is 0 Å². The summed E-state index contributed by atoms with van der Waals surface area (Å²) >= 11 is 0. The molecule has 1 rings (SSSR count). The Morgan fingerprint density at radius 3 is 2.93 bits per heavy atom. The molecule has 1 atom stereocenters. The Balaban J connectivity index is 2.92. The second-order valence-electron chi connectivity index (χ2n) is 4.32. The van der Waals surface area contributed by atoms with Gasteiger partial charge < -0.3 is 0 Å². The quantitative estimate of drug-likeness (QED) is 0.555. The van der Waals surface area contributed by atoms with Crippen LogP contribution in [-0.4, -0.2) is 0 Å². The molecule has 0 bridgehead atoms. The molecule has 0 aromatic carbocycles. The van der Waals surface area contributed by atoms with E-state index in [0.29, 0.717) is 0 Å². The highest BCUT2D eigenvalue weighted by Gasteiger charge is 2.09. The maximum Gasteiger partial charge on any atom is 0.0579 e. The van der Waals surface area contributed by atoms with Gasteiger partial charge in [0, 0.05) is 0 Å². The lowest BCUT2D eigenvalue weighted by Crippen LogP contribution is -2.00. The number of hydrogen-bond donors (Lipinski definition) is 0. The van der Waals surface area contributed by atoms with E-state index in [9.17, 15) is 0 Å². The average molecular weight is 208 g/mol. The highest BCUT2D eigenvalue weighted by molar-refractivity contribution is 5.13. The fraction of sp³-hybridized carbons (Fsp3) is 0.733. The fourth-order valence-corrected chi connectivity index (χ4v) is 2.25. The van der Waals surface area contributed by atoms with Gasteiger partial charge in [-0.1, -0.05) is 56.9 Å². The molecule has 0 heterocycles. The SMILES string of the molecule is [2H]C1=CCCCCCCC1/C(CC)=C(/[2H])CC. The summed E-state index contributed by atoms with van der Waals surface area (Å²) < 4.78 is 16.3. The van der Waals surface area contributed by atoms with Gasteiger partial charge in [-0.05, 0) is 38.0 Å². The normalized spacial score (nSPS) is 27.6. The third kappa shape index (κ3) is 4.68. The molecule has 0 amide bonds. The third-order valence-corrected chi connectivity index (χ3v) is 3.12. The van der Waals surface area contributed by atoms with E-state index in [1.807, 2.05) is 6.92 Å². The Kier molecular flexibility index (Phi) is 4.99. The van der Waals surface area contributed by atoms with E-state index in [0.717, 1.165) is 37.8 Å². The maximum absolute atomic E-state index is 8.21. The highest BCUT2D eigenvalue weighted by atomic mass is 14.1. The molecule has 1 aliphatic rings. The highest BCUT2D eigenvalue weighted by Crippen LogP contribution is 2.25.